The topological polar surface area (TPSA) is 46.0 Å². The molecule has 0 N–H and O–H groups in total. The third kappa shape index (κ3) is 5.12. The van der Waals surface area contributed by atoms with E-state index >= 15 is 0 Å². The Bertz CT molecular complexity index is 3420. The summed E-state index contributed by atoms with van der Waals surface area (Å²) < 4.78 is 9.01. The molecule has 0 spiro atoms. The van der Waals surface area contributed by atoms with Crippen molar-refractivity contribution in [3.8, 4) is 27.9 Å². The number of benzene rings is 8. The Morgan fingerprint density at radius 2 is 1.22 bits per heavy atom. The summed E-state index contributed by atoms with van der Waals surface area (Å²) in [4.78, 5) is 13.1. The molecule has 3 heterocycles. The zero-order valence-electron chi connectivity index (χ0n) is 33.6. The molecule has 1 atom stereocenters. The number of aromatic nitrogens is 1. The van der Waals surface area contributed by atoms with Gasteiger partial charge in [0, 0.05) is 56.4 Å². The molecular weight excluding hydrogens is 733 g/mol. The van der Waals surface area contributed by atoms with Crippen LogP contribution in [0.1, 0.15) is 47.8 Å². The van der Waals surface area contributed by atoms with Crippen molar-refractivity contribution in [1.29, 1.82) is 0 Å². The molecule has 0 saturated carbocycles. The van der Waals surface area contributed by atoms with Crippen LogP contribution < -0.4 is 0 Å². The van der Waals surface area contributed by atoms with Crippen molar-refractivity contribution in [2.24, 2.45) is 9.98 Å². The molecule has 0 radical (unpaired) electrons. The Labute approximate surface area is 348 Å². The van der Waals surface area contributed by atoms with Crippen molar-refractivity contribution >= 4 is 55.4 Å². The second-order valence-electron chi connectivity index (χ2n) is 16.6. The molecule has 286 valence electrons. The lowest BCUT2D eigenvalue weighted by atomic mass is 9.82. The molecule has 1 unspecified atom stereocenters. The first kappa shape index (κ1) is 34.5. The molecule has 12 rings (SSSR count). The zero-order valence-corrected chi connectivity index (χ0v) is 33.6. The number of nitrogens with zero attached hydrogens (tertiary/aromatic N) is 4. The third-order valence-corrected chi connectivity index (χ3v) is 12.8. The number of hydrogen-bond acceptors (Lipinski definition) is 4. The van der Waals surface area contributed by atoms with Crippen LogP contribution in [-0.4, -0.2) is 28.2 Å². The Morgan fingerprint density at radius 1 is 0.517 bits per heavy atom. The maximum absolute atomic E-state index is 6.59. The lowest BCUT2D eigenvalue weighted by molar-refractivity contribution is 0.383. The highest BCUT2D eigenvalue weighted by Crippen LogP contribution is 2.51. The SMILES string of the molecule is CN1C(c2ccccc2)=NC(c2cccc(-n3c4ccccc4c4cc5c(cc43)C(C)(C)c3ccccc3-5)c2)=NC1c1cc(-c2ccccc2)c2c(c1)oc1ccccc12. The molecule has 1 aliphatic heterocycles. The summed E-state index contributed by atoms with van der Waals surface area (Å²) in [5.74, 6) is 1.54. The molecule has 1 aliphatic carbocycles. The van der Waals surface area contributed by atoms with Crippen LogP contribution in [0, 0.1) is 0 Å². The highest BCUT2D eigenvalue weighted by atomic mass is 16.3. The summed E-state index contributed by atoms with van der Waals surface area (Å²) in [6.45, 7) is 4.70. The van der Waals surface area contributed by atoms with Gasteiger partial charge in [0.1, 0.15) is 17.0 Å². The van der Waals surface area contributed by atoms with E-state index in [0.717, 1.165) is 61.3 Å². The molecule has 2 aromatic heterocycles. The van der Waals surface area contributed by atoms with E-state index in [4.69, 9.17) is 14.4 Å². The molecule has 10 aromatic rings. The Kier molecular flexibility index (Phi) is 7.48. The lowest BCUT2D eigenvalue weighted by Gasteiger charge is -2.32. The van der Waals surface area contributed by atoms with Crippen LogP contribution in [0.4, 0.5) is 0 Å². The highest BCUT2D eigenvalue weighted by molar-refractivity contribution is 6.15. The van der Waals surface area contributed by atoms with Crippen LogP contribution in [0.15, 0.2) is 196 Å². The van der Waals surface area contributed by atoms with Gasteiger partial charge in [-0.2, -0.15) is 0 Å². The minimum absolute atomic E-state index is 0.116. The van der Waals surface area contributed by atoms with E-state index in [9.17, 15) is 0 Å². The molecule has 5 heteroatoms. The second-order valence-corrected chi connectivity index (χ2v) is 16.6. The first-order chi connectivity index (χ1) is 29.4. The Morgan fingerprint density at radius 3 is 2.05 bits per heavy atom. The van der Waals surface area contributed by atoms with Gasteiger partial charge in [0.2, 0.25) is 0 Å². The van der Waals surface area contributed by atoms with Crippen molar-refractivity contribution < 1.29 is 4.42 Å². The van der Waals surface area contributed by atoms with Gasteiger partial charge in [-0.3, -0.25) is 0 Å². The third-order valence-electron chi connectivity index (χ3n) is 12.8. The first-order valence-electron chi connectivity index (χ1n) is 20.7. The van der Waals surface area contributed by atoms with Gasteiger partial charge in [-0.1, -0.05) is 147 Å². The van der Waals surface area contributed by atoms with E-state index in [0.29, 0.717) is 5.84 Å². The van der Waals surface area contributed by atoms with E-state index in [2.05, 4.69) is 194 Å². The van der Waals surface area contributed by atoms with E-state index in [1.165, 1.54) is 44.1 Å². The van der Waals surface area contributed by atoms with Crippen LogP contribution in [0.3, 0.4) is 0 Å². The van der Waals surface area contributed by atoms with Crippen LogP contribution in [0.2, 0.25) is 0 Å². The minimum atomic E-state index is -0.379. The fraction of sp³-hybridized carbons (Fsp3) is 0.0909. The Balaban J connectivity index is 1.05. The zero-order chi connectivity index (χ0) is 40.1. The number of para-hydroxylation sites is 2. The first-order valence-corrected chi connectivity index (χ1v) is 20.7. The smallest absolute Gasteiger partial charge is 0.159 e. The molecular formula is C55H40N4O. The van der Waals surface area contributed by atoms with Crippen molar-refractivity contribution in [2.75, 3.05) is 7.05 Å². The number of rotatable bonds is 5. The standard InChI is InChI=1S/C55H40N4O/c1-55(2)45-26-13-10-23-39(45)43-32-44-40-24-11-14-27-47(40)59(48(44)33-46(43)55)38-22-16-21-36(29-38)52-56-53(35-19-8-5-9-20-35)58(3)54(57-52)37-30-42(34-17-6-4-7-18-34)51-41-25-12-15-28-49(41)60-50(51)31-37/h4-33,54H,1-3H3. The molecule has 0 bridgehead atoms. The average molecular weight is 773 g/mol. The molecule has 0 saturated heterocycles. The van der Waals surface area contributed by atoms with Crippen LogP contribution in [-0.2, 0) is 5.41 Å². The van der Waals surface area contributed by atoms with Gasteiger partial charge >= 0.3 is 0 Å². The number of amidine groups is 2. The number of fused-ring (bicyclic) bond motifs is 9. The van der Waals surface area contributed by atoms with Gasteiger partial charge in [0.05, 0.1) is 11.0 Å². The fourth-order valence-electron chi connectivity index (χ4n) is 9.91. The fourth-order valence-corrected chi connectivity index (χ4v) is 9.91. The normalized spacial score (nSPS) is 15.7. The molecule has 60 heavy (non-hydrogen) atoms. The average Bonchev–Trinajstić information content (AvgIpc) is 3.91. The van der Waals surface area contributed by atoms with Crippen LogP contribution >= 0.6 is 0 Å². The quantitative estimate of drug-likeness (QED) is 0.175. The summed E-state index contributed by atoms with van der Waals surface area (Å²) >= 11 is 0. The number of furan rings is 1. The van der Waals surface area contributed by atoms with Crippen LogP contribution in [0.5, 0.6) is 0 Å². The molecule has 2 aliphatic rings. The Hall–Kier alpha value is -7.50. The summed E-state index contributed by atoms with van der Waals surface area (Å²) in [6, 6.07) is 65.0. The predicted molar refractivity (Wildman–Crippen MR) is 248 cm³/mol. The minimum Gasteiger partial charge on any atom is -0.456 e. The predicted octanol–water partition coefficient (Wildman–Crippen LogP) is 13.5. The van der Waals surface area contributed by atoms with E-state index in [-0.39, 0.29) is 11.6 Å². The maximum atomic E-state index is 6.59. The van der Waals surface area contributed by atoms with Gasteiger partial charge in [0.15, 0.2) is 12.0 Å². The summed E-state index contributed by atoms with van der Waals surface area (Å²) in [5.41, 5.74) is 15.7. The maximum Gasteiger partial charge on any atom is 0.159 e. The van der Waals surface area contributed by atoms with Gasteiger partial charge in [-0.15, -0.1) is 0 Å². The van der Waals surface area contributed by atoms with E-state index in [1.807, 2.05) is 18.2 Å². The van der Waals surface area contributed by atoms with Crippen molar-refractivity contribution in [3.63, 3.8) is 0 Å². The monoisotopic (exact) mass is 772 g/mol. The van der Waals surface area contributed by atoms with Crippen LogP contribution in [0.25, 0.3) is 71.7 Å². The van der Waals surface area contributed by atoms with Crippen molar-refractivity contribution in [1.82, 2.24) is 9.47 Å². The molecule has 0 fully saturated rings. The molecule has 0 amide bonds. The van der Waals surface area contributed by atoms with Gasteiger partial charge in [-0.05, 0) is 81.9 Å². The highest BCUT2D eigenvalue weighted by Gasteiger charge is 2.36. The number of hydrogen-bond donors (Lipinski definition) is 0. The van der Waals surface area contributed by atoms with Gasteiger partial charge in [0.25, 0.3) is 0 Å². The van der Waals surface area contributed by atoms with Crippen molar-refractivity contribution in [2.45, 2.75) is 25.4 Å². The van der Waals surface area contributed by atoms with Crippen molar-refractivity contribution in [3.05, 3.63) is 210 Å². The summed E-state index contributed by atoms with van der Waals surface area (Å²) in [6.07, 6.45) is -0.379. The molecule has 8 aromatic carbocycles. The second kappa shape index (κ2) is 13.0. The molecule has 5 nitrogen and oxygen atoms in total. The van der Waals surface area contributed by atoms with E-state index in [1.54, 1.807) is 0 Å². The van der Waals surface area contributed by atoms with Gasteiger partial charge in [-0.25, -0.2) is 9.98 Å². The number of aliphatic imine (C=N–C) groups is 2. The van der Waals surface area contributed by atoms with Gasteiger partial charge < -0.3 is 13.9 Å². The lowest BCUT2D eigenvalue weighted by Crippen LogP contribution is -2.35. The van der Waals surface area contributed by atoms with E-state index < -0.39 is 0 Å². The summed E-state index contributed by atoms with van der Waals surface area (Å²) in [5, 5.41) is 4.69. The largest absolute Gasteiger partial charge is 0.456 e. The summed E-state index contributed by atoms with van der Waals surface area (Å²) in [7, 11) is 2.09.